The van der Waals surface area contributed by atoms with Gasteiger partial charge in [0.05, 0.1) is 11.5 Å². The Morgan fingerprint density at radius 3 is 1.20 bits per heavy atom. The highest BCUT2D eigenvalue weighted by molar-refractivity contribution is 7.91. The zero-order valence-electron chi connectivity index (χ0n) is 19.2. The Balaban J connectivity index is 3.26. The normalized spacial score (nSPS) is 12.5. The molecule has 0 radical (unpaired) electrons. The Morgan fingerprint density at radius 2 is 0.867 bits per heavy atom. The van der Waals surface area contributed by atoms with Crippen LogP contribution in [0.3, 0.4) is 0 Å². The van der Waals surface area contributed by atoms with E-state index in [9.17, 15) is 16.8 Å². The monoisotopic (exact) mass is 469 g/mol. The summed E-state index contributed by atoms with van der Waals surface area (Å²) in [5, 5.41) is 0. The minimum atomic E-state index is -4.24. The Kier molecular flexibility index (Phi) is 19.4. The van der Waals surface area contributed by atoms with Crippen LogP contribution in [0.2, 0.25) is 0 Å². The second-order valence-electron chi connectivity index (χ2n) is 8.51. The standard InChI is InChI=1S/C22H47NO5S2/c1-2-3-4-5-6-7-8-9-10-11-12-13-14-15-16-17-18-19-20-23-29(24,25)21-22-30(26,27)28/h23H,2-22H2,1H3,(H,26,27,28). The fourth-order valence-corrected chi connectivity index (χ4v) is 5.86. The van der Waals surface area contributed by atoms with E-state index in [2.05, 4.69) is 11.6 Å². The lowest BCUT2D eigenvalue weighted by Crippen LogP contribution is -2.30. The van der Waals surface area contributed by atoms with E-state index < -0.39 is 31.6 Å². The fourth-order valence-electron chi connectivity index (χ4n) is 3.54. The number of sulfonamides is 1. The average molecular weight is 470 g/mol. The third-order valence-electron chi connectivity index (χ3n) is 5.46. The van der Waals surface area contributed by atoms with Crippen LogP contribution in [-0.4, -0.2) is 39.4 Å². The molecule has 0 rings (SSSR count). The van der Waals surface area contributed by atoms with Crippen molar-refractivity contribution in [2.45, 2.75) is 122 Å². The minimum Gasteiger partial charge on any atom is -0.286 e. The van der Waals surface area contributed by atoms with Gasteiger partial charge in [0.15, 0.2) is 0 Å². The van der Waals surface area contributed by atoms with Crippen LogP contribution in [0.4, 0.5) is 0 Å². The summed E-state index contributed by atoms with van der Waals surface area (Å²) in [6.45, 7) is 2.59. The van der Waals surface area contributed by atoms with E-state index in [0.29, 0.717) is 6.54 Å². The van der Waals surface area contributed by atoms with Crippen molar-refractivity contribution in [2.75, 3.05) is 18.1 Å². The molecular weight excluding hydrogens is 422 g/mol. The topological polar surface area (TPSA) is 101 Å². The van der Waals surface area contributed by atoms with E-state index in [1.807, 2.05) is 0 Å². The second-order valence-corrected chi connectivity index (χ2v) is 12.0. The maximum Gasteiger partial charge on any atom is 0.265 e. The van der Waals surface area contributed by atoms with Gasteiger partial charge in [0.2, 0.25) is 10.0 Å². The third kappa shape index (κ3) is 24.1. The van der Waals surface area contributed by atoms with Crippen molar-refractivity contribution in [3.63, 3.8) is 0 Å². The summed E-state index contributed by atoms with van der Waals surface area (Å²) < 4.78 is 55.3. The van der Waals surface area contributed by atoms with Crippen LogP contribution in [-0.2, 0) is 20.1 Å². The van der Waals surface area contributed by atoms with Gasteiger partial charge in [-0.2, -0.15) is 8.42 Å². The predicted octanol–water partition coefficient (Wildman–Crippen LogP) is 5.84. The Bertz CT molecular complexity index is 576. The quantitative estimate of drug-likeness (QED) is 0.145. The number of rotatable bonds is 23. The molecule has 0 heterocycles. The largest absolute Gasteiger partial charge is 0.286 e. The molecule has 30 heavy (non-hydrogen) atoms. The smallest absolute Gasteiger partial charge is 0.265 e. The molecule has 0 aromatic heterocycles. The van der Waals surface area contributed by atoms with Crippen molar-refractivity contribution in [3.8, 4) is 0 Å². The van der Waals surface area contributed by atoms with E-state index >= 15 is 0 Å². The fraction of sp³-hybridized carbons (Fsp3) is 1.00. The molecule has 0 amide bonds. The summed E-state index contributed by atoms with van der Waals surface area (Å²) in [6, 6.07) is 0. The number of hydrogen-bond donors (Lipinski definition) is 2. The van der Waals surface area contributed by atoms with Crippen molar-refractivity contribution in [1.82, 2.24) is 4.72 Å². The summed E-state index contributed by atoms with van der Waals surface area (Å²) in [6.07, 6.45) is 23.2. The van der Waals surface area contributed by atoms with Crippen molar-refractivity contribution < 1.29 is 21.4 Å². The van der Waals surface area contributed by atoms with Gasteiger partial charge in [-0.25, -0.2) is 13.1 Å². The zero-order chi connectivity index (χ0) is 22.6. The van der Waals surface area contributed by atoms with Crippen LogP contribution in [0.15, 0.2) is 0 Å². The van der Waals surface area contributed by atoms with E-state index in [4.69, 9.17) is 4.55 Å². The van der Waals surface area contributed by atoms with Crippen LogP contribution in [0.25, 0.3) is 0 Å². The van der Waals surface area contributed by atoms with E-state index in [0.717, 1.165) is 19.3 Å². The van der Waals surface area contributed by atoms with Gasteiger partial charge in [-0.15, -0.1) is 0 Å². The SMILES string of the molecule is CCCCCCCCCCCCCCCCCCCCNS(=O)(=O)CCS(=O)(=O)O. The summed E-state index contributed by atoms with van der Waals surface area (Å²) in [5.74, 6) is -1.35. The van der Waals surface area contributed by atoms with Gasteiger partial charge in [0, 0.05) is 6.54 Å². The van der Waals surface area contributed by atoms with Crippen LogP contribution in [0, 0.1) is 0 Å². The van der Waals surface area contributed by atoms with Gasteiger partial charge < -0.3 is 0 Å². The molecule has 0 aliphatic carbocycles. The molecule has 0 aromatic carbocycles. The van der Waals surface area contributed by atoms with E-state index in [1.165, 1.54) is 96.3 Å². The first-order valence-electron chi connectivity index (χ1n) is 12.2. The summed E-state index contributed by atoms with van der Waals surface area (Å²) in [7, 11) is -7.87. The Labute approximate surface area is 186 Å². The molecule has 8 heteroatoms. The lowest BCUT2D eigenvalue weighted by Gasteiger charge is -2.06. The third-order valence-corrected chi connectivity index (χ3v) is 7.83. The predicted molar refractivity (Wildman–Crippen MR) is 127 cm³/mol. The number of unbranched alkanes of at least 4 members (excludes halogenated alkanes) is 17. The van der Waals surface area contributed by atoms with Gasteiger partial charge in [0.1, 0.15) is 0 Å². The molecule has 2 N–H and O–H groups in total. The molecule has 0 saturated heterocycles. The molecule has 0 unspecified atom stereocenters. The van der Waals surface area contributed by atoms with Crippen molar-refractivity contribution in [2.24, 2.45) is 0 Å². The van der Waals surface area contributed by atoms with Gasteiger partial charge >= 0.3 is 0 Å². The summed E-state index contributed by atoms with van der Waals surface area (Å²) >= 11 is 0. The highest BCUT2D eigenvalue weighted by atomic mass is 32.2. The zero-order valence-corrected chi connectivity index (χ0v) is 20.9. The maximum absolute atomic E-state index is 11.6. The first kappa shape index (κ1) is 29.8. The second kappa shape index (κ2) is 19.5. The highest BCUT2D eigenvalue weighted by Crippen LogP contribution is 2.14. The molecule has 0 aliphatic rings. The minimum absolute atomic E-state index is 0.326. The molecule has 0 atom stereocenters. The van der Waals surface area contributed by atoms with Gasteiger partial charge in [-0.3, -0.25) is 4.55 Å². The van der Waals surface area contributed by atoms with Crippen molar-refractivity contribution in [1.29, 1.82) is 0 Å². The highest BCUT2D eigenvalue weighted by Gasteiger charge is 2.14. The van der Waals surface area contributed by atoms with Crippen LogP contribution in [0.1, 0.15) is 122 Å². The average Bonchev–Trinajstić information content (AvgIpc) is 2.68. The van der Waals surface area contributed by atoms with Gasteiger partial charge in [-0.1, -0.05) is 116 Å². The Morgan fingerprint density at radius 1 is 0.533 bits per heavy atom. The molecule has 6 nitrogen and oxygen atoms in total. The van der Waals surface area contributed by atoms with E-state index in [1.54, 1.807) is 0 Å². The summed E-state index contributed by atoms with van der Waals surface area (Å²) in [5.41, 5.74) is 0. The van der Waals surface area contributed by atoms with Crippen molar-refractivity contribution >= 4 is 20.1 Å². The first-order valence-corrected chi connectivity index (χ1v) is 15.5. The lowest BCUT2D eigenvalue weighted by molar-refractivity contribution is 0.483. The first-order chi connectivity index (χ1) is 14.3. The molecular formula is C22H47NO5S2. The van der Waals surface area contributed by atoms with Gasteiger partial charge in [-0.05, 0) is 6.42 Å². The summed E-state index contributed by atoms with van der Waals surface area (Å²) in [4.78, 5) is 0. The number of hydrogen-bond acceptors (Lipinski definition) is 4. The number of nitrogens with one attached hydrogen (secondary N) is 1. The molecule has 0 bridgehead atoms. The van der Waals surface area contributed by atoms with Crippen LogP contribution >= 0.6 is 0 Å². The molecule has 0 spiro atoms. The lowest BCUT2D eigenvalue weighted by atomic mass is 10.0. The molecule has 0 aromatic rings. The Hall–Kier alpha value is -0.180. The van der Waals surface area contributed by atoms with Crippen LogP contribution < -0.4 is 4.72 Å². The molecule has 0 fully saturated rings. The van der Waals surface area contributed by atoms with E-state index in [-0.39, 0.29) is 0 Å². The molecule has 0 saturated carbocycles. The molecule has 0 aliphatic heterocycles. The molecule has 182 valence electrons. The maximum atomic E-state index is 11.6. The van der Waals surface area contributed by atoms with Gasteiger partial charge in [0.25, 0.3) is 10.1 Å². The van der Waals surface area contributed by atoms with Crippen molar-refractivity contribution in [3.05, 3.63) is 0 Å². The van der Waals surface area contributed by atoms with Crippen LogP contribution in [0.5, 0.6) is 0 Å².